The average molecular weight is 306 g/mol. The minimum absolute atomic E-state index is 0.613. The smallest absolute Gasteiger partial charge is 0.0945 e. The van der Waals surface area contributed by atoms with Crippen LogP contribution in [0.15, 0.2) is 67.3 Å². The largest absolute Gasteiger partial charge is 0.354 e. The highest BCUT2D eigenvalue weighted by molar-refractivity contribution is 5.48. The van der Waals surface area contributed by atoms with Gasteiger partial charge in [0, 0.05) is 56.2 Å². The molecule has 1 saturated heterocycles. The lowest BCUT2D eigenvalue weighted by atomic mass is 10.2. The Morgan fingerprint density at radius 3 is 2.65 bits per heavy atom. The van der Waals surface area contributed by atoms with E-state index >= 15 is 0 Å². The topological polar surface area (TPSA) is 22.6 Å². The third-order valence-electron chi connectivity index (χ3n) is 4.71. The number of pyridine rings is 1. The number of likely N-dealkylation sites (tertiary alicyclic amines) is 1. The van der Waals surface area contributed by atoms with Gasteiger partial charge in [0.25, 0.3) is 0 Å². The van der Waals surface area contributed by atoms with Gasteiger partial charge >= 0.3 is 0 Å². The fourth-order valence-corrected chi connectivity index (χ4v) is 3.44. The second kappa shape index (κ2) is 6.42. The van der Waals surface area contributed by atoms with Gasteiger partial charge in [-0.1, -0.05) is 30.3 Å². The Morgan fingerprint density at radius 1 is 1.00 bits per heavy atom. The van der Waals surface area contributed by atoms with Crippen molar-refractivity contribution in [1.29, 1.82) is 0 Å². The quantitative estimate of drug-likeness (QED) is 0.866. The number of anilines is 1. The van der Waals surface area contributed by atoms with Gasteiger partial charge in [-0.3, -0.25) is 9.88 Å². The van der Waals surface area contributed by atoms with Gasteiger partial charge in [0.05, 0.1) is 6.67 Å². The van der Waals surface area contributed by atoms with E-state index in [2.05, 4.69) is 74.5 Å². The summed E-state index contributed by atoms with van der Waals surface area (Å²) in [6, 6.07) is 15.5. The summed E-state index contributed by atoms with van der Waals surface area (Å²) in [5, 5.41) is 0. The predicted molar refractivity (Wildman–Crippen MR) is 92.7 cm³/mol. The molecular weight excluding hydrogens is 284 g/mol. The predicted octanol–water partition coefficient (Wildman–Crippen LogP) is 2.91. The van der Waals surface area contributed by atoms with Gasteiger partial charge in [-0.25, -0.2) is 0 Å². The highest BCUT2D eigenvalue weighted by Gasteiger charge is 2.28. The second-order valence-corrected chi connectivity index (χ2v) is 6.29. The van der Waals surface area contributed by atoms with Gasteiger partial charge in [-0.15, -0.1) is 0 Å². The fraction of sp³-hybridized carbons (Fsp3) is 0.316. The van der Waals surface area contributed by atoms with E-state index in [0.717, 1.165) is 19.8 Å². The van der Waals surface area contributed by atoms with Crippen molar-refractivity contribution >= 4 is 5.69 Å². The lowest BCUT2D eigenvalue weighted by molar-refractivity contribution is 0.266. The molecule has 4 nitrogen and oxygen atoms in total. The summed E-state index contributed by atoms with van der Waals surface area (Å²) in [6.07, 6.45) is 9.35. The van der Waals surface area contributed by atoms with Gasteiger partial charge < -0.3 is 9.80 Å². The maximum Gasteiger partial charge on any atom is 0.0945 e. The van der Waals surface area contributed by atoms with Crippen LogP contribution < -0.4 is 4.90 Å². The molecule has 2 aliphatic heterocycles. The molecule has 0 N–H and O–H groups in total. The fourth-order valence-electron chi connectivity index (χ4n) is 3.44. The van der Waals surface area contributed by atoms with Crippen LogP contribution in [0.4, 0.5) is 5.69 Å². The summed E-state index contributed by atoms with van der Waals surface area (Å²) in [5.41, 5.74) is 2.61. The third kappa shape index (κ3) is 3.22. The monoisotopic (exact) mass is 306 g/mol. The number of nitrogens with zero attached hydrogens (tertiary/aromatic N) is 4. The zero-order valence-corrected chi connectivity index (χ0v) is 13.3. The molecule has 23 heavy (non-hydrogen) atoms. The maximum atomic E-state index is 4.09. The van der Waals surface area contributed by atoms with E-state index in [9.17, 15) is 0 Å². The van der Waals surface area contributed by atoms with Crippen molar-refractivity contribution in [3.05, 3.63) is 72.8 Å². The average Bonchev–Trinajstić information content (AvgIpc) is 3.26. The van der Waals surface area contributed by atoms with Gasteiger partial charge in [0.1, 0.15) is 0 Å². The van der Waals surface area contributed by atoms with Crippen LogP contribution in [0, 0.1) is 0 Å². The zero-order chi connectivity index (χ0) is 15.5. The van der Waals surface area contributed by atoms with Crippen LogP contribution in [0.2, 0.25) is 0 Å². The molecule has 1 fully saturated rings. The van der Waals surface area contributed by atoms with Crippen LogP contribution in [0.5, 0.6) is 0 Å². The Kier molecular flexibility index (Phi) is 3.99. The lowest BCUT2D eigenvalue weighted by Gasteiger charge is -2.27. The minimum Gasteiger partial charge on any atom is -0.354 e. The SMILES string of the molecule is C1=CN(C2CCN(Cc3ccccc3)C2)CN1c1ccncc1. The molecular formula is C19H22N4. The van der Waals surface area contributed by atoms with E-state index in [-0.39, 0.29) is 0 Å². The van der Waals surface area contributed by atoms with Crippen molar-refractivity contribution in [3.63, 3.8) is 0 Å². The summed E-state index contributed by atoms with van der Waals surface area (Å²) >= 11 is 0. The van der Waals surface area contributed by atoms with Crippen molar-refractivity contribution in [2.24, 2.45) is 0 Å². The molecule has 4 rings (SSSR count). The Hall–Kier alpha value is -2.33. The van der Waals surface area contributed by atoms with Crippen molar-refractivity contribution < 1.29 is 0 Å². The molecule has 1 aromatic carbocycles. The van der Waals surface area contributed by atoms with E-state index < -0.39 is 0 Å². The normalized spacial score (nSPS) is 21.3. The van der Waals surface area contributed by atoms with Crippen LogP contribution >= 0.6 is 0 Å². The maximum absolute atomic E-state index is 4.09. The molecule has 118 valence electrons. The lowest BCUT2D eigenvalue weighted by Crippen LogP contribution is -2.36. The minimum atomic E-state index is 0.613. The summed E-state index contributed by atoms with van der Waals surface area (Å²) in [4.78, 5) is 11.4. The van der Waals surface area contributed by atoms with E-state index in [4.69, 9.17) is 0 Å². The van der Waals surface area contributed by atoms with Crippen molar-refractivity contribution in [2.75, 3.05) is 24.7 Å². The summed E-state index contributed by atoms with van der Waals surface area (Å²) in [5.74, 6) is 0. The van der Waals surface area contributed by atoms with Crippen LogP contribution in [0.1, 0.15) is 12.0 Å². The van der Waals surface area contributed by atoms with Crippen LogP contribution in [0.3, 0.4) is 0 Å². The summed E-state index contributed by atoms with van der Waals surface area (Å²) in [6.45, 7) is 4.32. The molecule has 0 bridgehead atoms. The van der Waals surface area contributed by atoms with Crippen molar-refractivity contribution in [2.45, 2.75) is 19.0 Å². The number of hydrogen-bond donors (Lipinski definition) is 0. The van der Waals surface area contributed by atoms with E-state index in [1.165, 1.54) is 24.2 Å². The molecule has 0 spiro atoms. The molecule has 0 aliphatic carbocycles. The van der Waals surface area contributed by atoms with Crippen LogP contribution in [-0.4, -0.2) is 40.6 Å². The Morgan fingerprint density at radius 2 is 1.83 bits per heavy atom. The highest BCUT2D eigenvalue weighted by atomic mass is 15.4. The van der Waals surface area contributed by atoms with E-state index in [1.807, 2.05) is 12.4 Å². The molecule has 4 heteroatoms. The molecule has 1 atom stereocenters. The molecule has 0 saturated carbocycles. The second-order valence-electron chi connectivity index (χ2n) is 6.29. The summed E-state index contributed by atoms with van der Waals surface area (Å²) < 4.78 is 0. The molecule has 3 heterocycles. The Labute approximate surface area is 137 Å². The number of benzene rings is 1. The van der Waals surface area contributed by atoms with Gasteiger partial charge in [-0.2, -0.15) is 0 Å². The molecule has 0 amide bonds. The first-order valence-electron chi connectivity index (χ1n) is 8.25. The van der Waals surface area contributed by atoms with Crippen molar-refractivity contribution in [3.8, 4) is 0 Å². The first-order valence-corrected chi connectivity index (χ1v) is 8.25. The van der Waals surface area contributed by atoms with E-state index in [0.29, 0.717) is 6.04 Å². The van der Waals surface area contributed by atoms with Crippen molar-refractivity contribution in [1.82, 2.24) is 14.8 Å². The number of hydrogen-bond acceptors (Lipinski definition) is 4. The third-order valence-corrected chi connectivity index (χ3v) is 4.71. The zero-order valence-electron chi connectivity index (χ0n) is 13.3. The molecule has 2 aliphatic rings. The van der Waals surface area contributed by atoms with Gasteiger partial charge in [-0.05, 0) is 24.1 Å². The first kappa shape index (κ1) is 14.3. The Bertz CT molecular complexity index is 656. The first-order chi connectivity index (χ1) is 11.4. The standard InChI is InChI=1S/C19H22N4/c1-2-4-17(5-3-1)14-21-11-8-19(15-21)23-13-12-22(16-23)18-6-9-20-10-7-18/h1-7,9-10,12-13,19H,8,11,14-16H2. The van der Waals surface area contributed by atoms with Gasteiger partial charge in [0.15, 0.2) is 0 Å². The van der Waals surface area contributed by atoms with Gasteiger partial charge in [0.2, 0.25) is 0 Å². The van der Waals surface area contributed by atoms with Crippen LogP contribution in [0.25, 0.3) is 0 Å². The molecule has 0 radical (unpaired) electrons. The number of rotatable bonds is 4. The molecule has 2 aromatic rings. The molecule has 1 aromatic heterocycles. The highest BCUT2D eigenvalue weighted by Crippen LogP contribution is 2.24. The van der Waals surface area contributed by atoms with Crippen LogP contribution in [-0.2, 0) is 6.54 Å². The summed E-state index contributed by atoms with van der Waals surface area (Å²) in [7, 11) is 0. The Balaban J connectivity index is 1.33. The number of aromatic nitrogens is 1. The molecule has 1 unspecified atom stereocenters. The van der Waals surface area contributed by atoms with E-state index in [1.54, 1.807) is 0 Å².